The highest BCUT2D eigenvalue weighted by Crippen LogP contribution is 2.39. The molecule has 0 radical (unpaired) electrons. The fourth-order valence-corrected chi connectivity index (χ4v) is 4.81. The number of ether oxygens (including phenoxy) is 1. The molecule has 3 atom stereocenters. The molecule has 5 heteroatoms. The van der Waals surface area contributed by atoms with Gasteiger partial charge in [0.1, 0.15) is 0 Å². The summed E-state index contributed by atoms with van der Waals surface area (Å²) in [5.41, 5.74) is 0.314. The second kappa shape index (κ2) is 6.97. The highest BCUT2D eigenvalue weighted by atomic mass is 35.7. The molecule has 0 bridgehead atoms. The molecule has 0 heterocycles. The molecule has 1 saturated carbocycles. The molecule has 1 aliphatic carbocycles. The van der Waals surface area contributed by atoms with E-state index < -0.39 is 9.05 Å². The number of halogens is 1. The molecular formula is C15H29ClO3S. The quantitative estimate of drug-likeness (QED) is 0.692. The van der Waals surface area contributed by atoms with Crippen LogP contribution in [0, 0.1) is 23.2 Å². The topological polar surface area (TPSA) is 43.4 Å². The van der Waals surface area contributed by atoms with Crippen molar-refractivity contribution in [1.29, 1.82) is 0 Å². The molecule has 0 saturated heterocycles. The lowest BCUT2D eigenvalue weighted by Crippen LogP contribution is -2.34. The smallest absolute Gasteiger partial charge is 0.232 e. The molecule has 20 heavy (non-hydrogen) atoms. The van der Waals surface area contributed by atoms with E-state index in [0.29, 0.717) is 17.9 Å². The Morgan fingerprint density at radius 3 is 2.35 bits per heavy atom. The first-order valence-corrected chi connectivity index (χ1v) is 10.0. The van der Waals surface area contributed by atoms with Crippen LogP contribution in [0.5, 0.6) is 0 Å². The maximum Gasteiger partial charge on any atom is 0.232 e. The second-order valence-corrected chi connectivity index (χ2v) is 10.4. The predicted octanol–water partition coefficient (Wildman–Crippen LogP) is 4.06. The van der Waals surface area contributed by atoms with Gasteiger partial charge in [0.2, 0.25) is 9.05 Å². The third kappa shape index (κ3) is 6.77. The van der Waals surface area contributed by atoms with Crippen molar-refractivity contribution in [1.82, 2.24) is 0 Å². The highest BCUT2D eigenvalue weighted by molar-refractivity contribution is 8.13. The van der Waals surface area contributed by atoms with Gasteiger partial charge in [0.25, 0.3) is 0 Å². The van der Waals surface area contributed by atoms with Crippen LogP contribution in [0.2, 0.25) is 0 Å². The third-order valence-corrected chi connectivity index (χ3v) is 5.45. The van der Waals surface area contributed by atoms with E-state index in [1.165, 1.54) is 6.42 Å². The molecule has 1 fully saturated rings. The summed E-state index contributed by atoms with van der Waals surface area (Å²) >= 11 is 0. The summed E-state index contributed by atoms with van der Waals surface area (Å²) in [6.45, 7) is 11.3. The first kappa shape index (κ1) is 18.2. The van der Waals surface area contributed by atoms with Gasteiger partial charge in [-0.15, -0.1) is 0 Å². The molecule has 0 aromatic carbocycles. The van der Waals surface area contributed by atoms with Crippen LogP contribution in [0.3, 0.4) is 0 Å². The highest BCUT2D eigenvalue weighted by Gasteiger charge is 2.33. The molecular weight excluding hydrogens is 296 g/mol. The number of hydrogen-bond donors (Lipinski definition) is 0. The SMILES string of the molecule is CC1CC(OCC(CS(=O)(=O)Cl)C(C)C)CC(C)(C)C1. The molecule has 0 aromatic rings. The Morgan fingerprint density at radius 1 is 1.30 bits per heavy atom. The van der Waals surface area contributed by atoms with Crippen molar-refractivity contribution in [2.24, 2.45) is 23.2 Å². The van der Waals surface area contributed by atoms with Crippen LogP contribution in [0.25, 0.3) is 0 Å². The zero-order chi connectivity index (χ0) is 15.6. The second-order valence-electron chi connectivity index (χ2n) is 7.58. The predicted molar refractivity (Wildman–Crippen MR) is 84.5 cm³/mol. The van der Waals surface area contributed by atoms with Crippen molar-refractivity contribution < 1.29 is 13.2 Å². The van der Waals surface area contributed by atoms with Gasteiger partial charge < -0.3 is 4.74 Å². The molecule has 0 spiro atoms. The monoisotopic (exact) mass is 324 g/mol. The Labute approximate surface area is 128 Å². The number of rotatable bonds is 6. The van der Waals surface area contributed by atoms with Crippen molar-refractivity contribution in [3.8, 4) is 0 Å². The van der Waals surface area contributed by atoms with Gasteiger partial charge >= 0.3 is 0 Å². The Bertz CT molecular complexity index is 403. The Hall–Kier alpha value is 0.200. The first-order chi connectivity index (χ1) is 8.98. The fourth-order valence-electron chi connectivity index (χ4n) is 3.33. The van der Waals surface area contributed by atoms with Gasteiger partial charge in [-0.25, -0.2) is 8.42 Å². The lowest BCUT2D eigenvalue weighted by Gasteiger charge is -2.39. The van der Waals surface area contributed by atoms with E-state index in [1.54, 1.807) is 0 Å². The van der Waals surface area contributed by atoms with Crippen LogP contribution >= 0.6 is 10.7 Å². The maximum atomic E-state index is 11.3. The van der Waals surface area contributed by atoms with Crippen molar-refractivity contribution in [3.05, 3.63) is 0 Å². The van der Waals surface area contributed by atoms with Crippen molar-refractivity contribution in [3.63, 3.8) is 0 Å². The Balaban J connectivity index is 2.55. The van der Waals surface area contributed by atoms with Crippen molar-refractivity contribution >= 4 is 19.7 Å². The van der Waals surface area contributed by atoms with E-state index in [1.807, 2.05) is 13.8 Å². The van der Waals surface area contributed by atoms with E-state index in [4.69, 9.17) is 15.4 Å². The minimum absolute atomic E-state index is 0.00209. The normalized spacial score (nSPS) is 28.6. The Kier molecular flexibility index (Phi) is 6.36. The first-order valence-electron chi connectivity index (χ1n) is 7.52. The summed E-state index contributed by atoms with van der Waals surface area (Å²) in [7, 11) is 1.92. The van der Waals surface area contributed by atoms with E-state index in [-0.39, 0.29) is 23.7 Å². The van der Waals surface area contributed by atoms with E-state index in [9.17, 15) is 8.42 Å². The Morgan fingerprint density at radius 2 is 1.90 bits per heavy atom. The molecule has 1 aliphatic rings. The zero-order valence-corrected chi connectivity index (χ0v) is 14.9. The molecule has 0 amide bonds. The maximum absolute atomic E-state index is 11.3. The van der Waals surface area contributed by atoms with E-state index >= 15 is 0 Å². The molecule has 3 unspecified atom stereocenters. The van der Waals surface area contributed by atoms with Gasteiger partial charge in [-0.2, -0.15) is 0 Å². The van der Waals surface area contributed by atoms with Gasteiger partial charge in [-0.05, 0) is 42.4 Å². The van der Waals surface area contributed by atoms with Gasteiger partial charge in [-0.1, -0.05) is 34.6 Å². The molecule has 1 rings (SSSR count). The summed E-state index contributed by atoms with van der Waals surface area (Å²) in [5, 5.41) is 0. The summed E-state index contributed by atoms with van der Waals surface area (Å²) in [4.78, 5) is 0. The van der Waals surface area contributed by atoms with E-state index in [2.05, 4.69) is 20.8 Å². The standard InChI is InChI=1S/C15H29ClO3S/c1-11(2)13(10-20(16,17)18)9-19-14-6-12(3)7-15(4,5)8-14/h11-14H,6-10H2,1-5H3. The van der Waals surface area contributed by atoms with Crippen LogP contribution in [-0.2, 0) is 13.8 Å². The molecule has 0 aliphatic heterocycles. The minimum Gasteiger partial charge on any atom is -0.378 e. The lowest BCUT2D eigenvalue weighted by atomic mass is 9.71. The summed E-state index contributed by atoms with van der Waals surface area (Å²) in [6, 6.07) is 0. The van der Waals surface area contributed by atoms with E-state index in [0.717, 1.165) is 12.8 Å². The third-order valence-electron chi connectivity index (χ3n) is 4.25. The van der Waals surface area contributed by atoms with Gasteiger partial charge in [0.05, 0.1) is 18.5 Å². The average Bonchev–Trinajstić information content (AvgIpc) is 2.19. The van der Waals surface area contributed by atoms with Crippen LogP contribution in [0.1, 0.15) is 53.9 Å². The van der Waals surface area contributed by atoms with Crippen molar-refractivity contribution in [2.75, 3.05) is 12.4 Å². The zero-order valence-electron chi connectivity index (χ0n) is 13.4. The lowest BCUT2D eigenvalue weighted by molar-refractivity contribution is -0.0386. The largest absolute Gasteiger partial charge is 0.378 e. The van der Waals surface area contributed by atoms with Gasteiger partial charge in [0, 0.05) is 10.7 Å². The van der Waals surface area contributed by atoms with Gasteiger partial charge in [-0.3, -0.25) is 0 Å². The summed E-state index contributed by atoms with van der Waals surface area (Å²) in [6.07, 6.45) is 3.60. The molecule has 120 valence electrons. The van der Waals surface area contributed by atoms with Crippen LogP contribution in [0.15, 0.2) is 0 Å². The van der Waals surface area contributed by atoms with Crippen LogP contribution < -0.4 is 0 Å². The average molecular weight is 325 g/mol. The number of hydrogen-bond acceptors (Lipinski definition) is 3. The summed E-state index contributed by atoms with van der Waals surface area (Å²) < 4.78 is 28.6. The molecule has 0 N–H and O–H groups in total. The molecule has 0 aromatic heterocycles. The van der Waals surface area contributed by atoms with Crippen molar-refractivity contribution in [2.45, 2.75) is 60.0 Å². The summed E-state index contributed by atoms with van der Waals surface area (Å²) in [5.74, 6) is 0.881. The van der Waals surface area contributed by atoms with Gasteiger partial charge in [0.15, 0.2) is 0 Å². The fraction of sp³-hybridized carbons (Fsp3) is 1.00. The van der Waals surface area contributed by atoms with Crippen LogP contribution in [-0.4, -0.2) is 26.9 Å². The minimum atomic E-state index is -3.46. The van der Waals surface area contributed by atoms with Crippen LogP contribution in [0.4, 0.5) is 0 Å². The molecule has 3 nitrogen and oxygen atoms in total.